The second-order valence-corrected chi connectivity index (χ2v) is 5.55. The fourth-order valence-corrected chi connectivity index (χ4v) is 2.86. The van der Waals surface area contributed by atoms with Gasteiger partial charge in [0, 0.05) is 12.1 Å². The third-order valence-electron chi connectivity index (χ3n) is 3.96. The van der Waals surface area contributed by atoms with E-state index < -0.39 is 0 Å². The highest BCUT2D eigenvalue weighted by Crippen LogP contribution is 2.22. The van der Waals surface area contributed by atoms with Crippen LogP contribution in [-0.4, -0.2) is 42.6 Å². The SMILES string of the molecule is C=CC[C@@H]1CC=C[C@@H](C)N1C(=O)c1cccc(-n2cnnc2)n1. The molecule has 0 aromatic carbocycles. The standard InChI is InChI=1S/C17H19N5O/c1-3-6-14-8-4-7-13(2)22(14)17(23)15-9-5-10-16(20-15)21-11-18-19-12-21/h3-5,7,9-14H,1,6,8H2,2H3/t13-,14-/m1/s1. The van der Waals surface area contributed by atoms with Crippen molar-refractivity contribution < 1.29 is 4.79 Å². The molecule has 3 heterocycles. The Morgan fingerprint density at radius 1 is 1.39 bits per heavy atom. The first-order chi connectivity index (χ1) is 11.2. The number of carbonyl (C=O) groups is 1. The fourth-order valence-electron chi connectivity index (χ4n) is 2.86. The number of rotatable bonds is 4. The molecule has 3 rings (SSSR count). The highest BCUT2D eigenvalue weighted by atomic mass is 16.2. The number of pyridine rings is 1. The summed E-state index contributed by atoms with van der Waals surface area (Å²) in [7, 11) is 0. The van der Waals surface area contributed by atoms with Gasteiger partial charge in [-0.2, -0.15) is 0 Å². The molecule has 0 fully saturated rings. The first-order valence-electron chi connectivity index (χ1n) is 7.63. The van der Waals surface area contributed by atoms with E-state index in [1.54, 1.807) is 23.3 Å². The van der Waals surface area contributed by atoms with Crippen molar-refractivity contribution in [3.63, 3.8) is 0 Å². The zero-order valence-corrected chi connectivity index (χ0v) is 13.0. The summed E-state index contributed by atoms with van der Waals surface area (Å²) in [4.78, 5) is 19.3. The van der Waals surface area contributed by atoms with Gasteiger partial charge in [-0.25, -0.2) is 4.98 Å². The van der Waals surface area contributed by atoms with Gasteiger partial charge in [-0.3, -0.25) is 9.36 Å². The van der Waals surface area contributed by atoms with E-state index in [2.05, 4.69) is 33.9 Å². The van der Waals surface area contributed by atoms with Crippen LogP contribution in [0.4, 0.5) is 0 Å². The van der Waals surface area contributed by atoms with Gasteiger partial charge in [-0.15, -0.1) is 16.8 Å². The van der Waals surface area contributed by atoms with Crippen LogP contribution in [0, 0.1) is 0 Å². The predicted molar refractivity (Wildman–Crippen MR) is 87.1 cm³/mol. The van der Waals surface area contributed by atoms with Crippen LogP contribution in [0.25, 0.3) is 5.82 Å². The lowest BCUT2D eigenvalue weighted by atomic mass is 9.99. The van der Waals surface area contributed by atoms with Crippen LogP contribution in [0.3, 0.4) is 0 Å². The van der Waals surface area contributed by atoms with Gasteiger partial charge < -0.3 is 4.90 Å². The van der Waals surface area contributed by atoms with Crippen molar-refractivity contribution in [2.45, 2.75) is 31.8 Å². The molecule has 0 saturated heterocycles. The fraction of sp³-hybridized carbons (Fsp3) is 0.294. The molecule has 1 amide bonds. The van der Waals surface area contributed by atoms with Gasteiger partial charge in [0.2, 0.25) is 0 Å². The maximum absolute atomic E-state index is 13.0. The van der Waals surface area contributed by atoms with E-state index in [-0.39, 0.29) is 18.0 Å². The average molecular weight is 309 g/mol. The maximum Gasteiger partial charge on any atom is 0.273 e. The van der Waals surface area contributed by atoms with Crippen LogP contribution in [0.5, 0.6) is 0 Å². The van der Waals surface area contributed by atoms with Crippen molar-refractivity contribution in [1.82, 2.24) is 24.6 Å². The molecule has 6 nitrogen and oxygen atoms in total. The summed E-state index contributed by atoms with van der Waals surface area (Å²) in [6.45, 7) is 5.82. The first-order valence-corrected chi connectivity index (χ1v) is 7.63. The Bertz CT molecular complexity index is 722. The van der Waals surface area contributed by atoms with Gasteiger partial charge in [-0.05, 0) is 31.9 Å². The minimum absolute atomic E-state index is 0.0431. The van der Waals surface area contributed by atoms with E-state index >= 15 is 0 Å². The molecule has 118 valence electrons. The number of nitrogens with zero attached hydrogens (tertiary/aromatic N) is 5. The molecular weight excluding hydrogens is 290 g/mol. The van der Waals surface area contributed by atoms with Crippen molar-refractivity contribution in [3.8, 4) is 5.82 Å². The number of hydrogen-bond acceptors (Lipinski definition) is 4. The lowest BCUT2D eigenvalue weighted by Gasteiger charge is -2.37. The predicted octanol–water partition coefficient (Wildman–Crippen LogP) is 2.40. The Hall–Kier alpha value is -2.76. The van der Waals surface area contributed by atoms with Gasteiger partial charge in [0.15, 0.2) is 0 Å². The largest absolute Gasteiger partial charge is 0.328 e. The smallest absolute Gasteiger partial charge is 0.273 e. The van der Waals surface area contributed by atoms with Crippen molar-refractivity contribution in [2.24, 2.45) is 0 Å². The first kappa shape index (κ1) is 15.1. The summed E-state index contributed by atoms with van der Waals surface area (Å²) in [5.41, 5.74) is 0.424. The second-order valence-electron chi connectivity index (χ2n) is 5.55. The van der Waals surface area contributed by atoms with Crippen LogP contribution in [0.1, 0.15) is 30.3 Å². The normalized spacial score (nSPS) is 20.5. The van der Waals surface area contributed by atoms with Gasteiger partial charge in [0.25, 0.3) is 5.91 Å². The molecule has 0 bridgehead atoms. The van der Waals surface area contributed by atoms with Crippen LogP contribution in [0.15, 0.2) is 55.7 Å². The highest BCUT2D eigenvalue weighted by Gasteiger charge is 2.29. The number of carbonyl (C=O) groups excluding carboxylic acids is 1. The third-order valence-corrected chi connectivity index (χ3v) is 3.96. The van der Waals surface area contributed by atoms with Crippen LogP contribution >= 0.6 is 0 Å². The Morgan fingerprint density at radius 3 is 2.91 bits per heavy atom. The molecule has 0 unspecified atom stereocenters. The summed E-state index contributed by atoms with van der Waals surface area (Å²) in [6, 6.07) is 5.55. The van der Waals surface area contributed by atoms with E-state index in [0.29, 0.717) is 11.5 Å². The number of hydrogen-bond donors (Lipinski definition) is 0. The molecule has 2 atom stereocenters. The summed E-state index contributed by atoms with van der Waals surface area (Å²) < 4.78 is 1.68. The molecule has 0 aliphatic carbocycles. The Kier molecular flexibility index (Phi) is 4.32. The van der Waals surface area contributed by atoms with E-state index in [1.807, 2.05) is 30.0 Å². The van der Waals surface area contributed by atoms with Gasteiger partial charge in [0.1, 0.15) is 24.2 Å². The lowest BCUT2D eigenvalue weighted by Crippen LogP contribution is -2.47. The molecule has 2 aromatic rings. The van der Waals surface area contributed by atoms with Gasteiger partial charge in [0.05, 0.1) is 0 Å². The summed E-state index contributed by atoms with van der Waals surface area (Å²) >= 11 is 0. The third kappa shape index (κ3) is 3.06. The zero-order valence-electron chi connectivity index (χ0n) is 13.0. The minimum Gasteiger partial charge on any atom is -0.328 e. The molecule has 6 heteroatoms. The van der Waals surface area contributed by atoms with Crippen molar-refractivity contribution in [2.75, 3.05) is 0 Å². The van der Waals surface area contributed by atoms with Crippen molar-refractivity contribution >= 4 is 5.91 Å². The van der Waals surface area contributed by atoms with Gasteiger partial charge >= 0.3 is 0 Å². The van der Waals surface area contributed by atoms with E-state index in [4.69, 9.17) is 0 Å². The summed E-state index contributed by atoms with van der Waals surface area (Å²) in [6.07, 6.45) is 10.8. The molecule has 0 radical (unpaired) electrons. The van der Waals surface area contributed by atoms with E-state index in [1.165, 1.54) is 0 Å². The van der Waals surface area contributed by atoms with Crippen molar-refractivity contribution in [3.05, 3.63) is 61.4 Å². The topological polar surface area (TPSA) is 63.9 Å². The molecule has 1 aliphatic heterocycles. The lowest BCUT2D eigenvalue weighted by molar-refractivity contribution is 0.0616. The maximum atomic E-state index is 13.0. The highest BCUT2D eigenvalue weighted by molar-refractivity contribution is 5.93. The summed E-state index contributed by atoms with van der Waals surface area (Å²) in [5.74, 6) is 0.560. The molecule has 0 spiro atoms. The van der Waals surface area contributed by atoms with E-state index in [0.717, 1.165) is 12.8 Å². The summed E-state index contributed by atoms with van der Waals surface area (Å²) in [5, 5.41) is 7.54. The Balaban J connectivity index is 1.91. The average Bonchev–Trinajstić information content (AvgIpc) is 3.09. The van der Waals surface area contributed by atoms with E-state index in [9.17, 15) is 4.79 Å². The van der Waals surface area contributed by atoms with Crippen LogP contribution < -0.4 is 0 Å². The zero-order chi connectivity index (χ0) is 16.2. The molecule has 0 N–H and O–H groups in total. The molecule has 23 heavy (non-hydrogen) atoms. The molecular formula is C17H19N5O. The quantitative estimate of drug-likeness (QED) is 0.814. The minimum atomic E-state index is -0.0661. The van der Waals surface area contributed by atoms with Crippen molar-refractivity contribution in [1.29, 1.82) is 0 Å². The molecule has 2 aromatic heterocycles. The number of aromatic nitrogens is 4. The number of amides is 1. The molecule has 1 aliphatic rings. The second kappa shape index (κ2) is 6.56. The Morgan fingerprint density at radius 2 is 2.17 bits per heavy atom. The van der Waals surface area contributed by atoms with Gasteiger partial charge in [-0.1, -0.05) is 24.3 Å². The Labute approximate surface area is 135 Å². The van der Waals surface area contributed by atoms with Crippen LogP contribution in [-0.2, 0) is 0 Å². The molecule has 0 saturated carbocycles. The van der Waals surface area contributed by atoms with Crippen LogP contribution in [0.2, 0.25) is 0 Å². The monoisotopic (exact) mass is 309 g/mol.